The largest absolute Gasteiger partial charge is 0.360 e. The summed E-state index contributed by atoms with van der Waals surface area (Å²) in [6, 6.07) is 1.69. The van der Waals surface area contributed by atoms with E-state index in [1.54, 1.807) is 6.07 Å². The quantitative estimate of drug-likeness (QED) is 0.685. The number of nitrogens with one attached hydrogen (secondary N) is 2. The molecule has 1 aromatic rings. The minimum absolute atomic E-state index is 0.0100. The lowest BCUT2D eigenvalue weighted by atomic mass is 10.4. The van der Waals surface area contributed by atoms with Gasteiger partial charge in [0.1, 0.15) is 17.0 Å². The van der Waals surface area contributed by atoms with Gasteiger partial charge in [-0.1, -0.05) is 5.16 Å². The number of carbonyl (C=O) groups excluding carboxylic acids is 1. The van der Waals surface area contributed by atoms with Gasteiger partial charge in [0.05, 0.1) is 6.07 Å². The van der Waals surface area contributed by atoms with E-state index in [0.717, 1.165) is 0 Å². The van der Waals surface area contributed by atoms with Gasteiger partial charge in [0.25, 0.3) is 0 Å². The zero-order valence-corrected chi connectivity index (χ0v) is 11.4. The number of amides is 1. The predicted molar refractivity (Wildman–Crippen MR) is 64.4 cm³/mol. The summed E-state index contributed by atoms with van der Waals surface area (Å²) < 4.78 is 31.0. The maximum absolute atomic E-state index is 11.9. The number of nitriles is 1. The molecule has 0 unspecified atom stereocenters. The first-order chi connectivity index (χ1) is 8.88. The van der Waals surface area contributed by atoms with Crippen LogP contribution >= 0.6 is 0 Å². The van der Waals surface area contributed by atoms with Crippen molar-refractivity contribution in [3.8, 4) is 6.07 Å². The molecule has 0 aliphatic heterocycles. The number of hydrogen-bond donors (Lipinski definition) is 2. The minimum atomic E-state index is -3.71. The van der Waals surface area contributed by atoms with Crippen molar-refractivity contribution in [3.05, 3.63) is 11.5 Å². The van der Waals surface area contributed by atoms with Crippen molar-refractivity contribution in [1.82, 2.24) is 15.2 Å². The third kappa shape index (κ3) is 4.04. The Hall–Kier alpha value is -1.92. The Morgan fingerprint density at radius 1 is 1.42 bits per heavy atom. The molecule has 0 aliphatic carbocycles. The highest BCUT2D eigenvalue weighted by Gasteiger charge is 2.23. The zero-order valence-electron chi connectivity index (χ0n) is 10.6. The molecule has 0 radical (unpaired) electrons. The molecule has 19 heavy (non-hydrogen) atoms. The molecule has 8 nitrogen and oxygen atoms in total. The summed E-state index contributed by atoms with van der Waals surface area (Å²) in [5.74, 6) is -0.238. The molecule has 1 aromatic heterocycles. The molecule has 9 heteroatoms. The average molecular weight is 286 g/mol. The van der Waals surface area contributed by atoms with Gasteiger partial charge >= 0.3 is 0 Å². The summed E-state index contributed by atoms with van der Waals surface area (Å²) in [7, 11) is -3.71. The lowest BCUT2D eigenvalue weighted by molar-refractivity contribution is -0.120. The van der Waals surface area contributed by atoms with Crippen LogP contribution in [0.5, 0.6) is 0 Å². The fraction of sp³-hybridized carbons (Fsp3) is 0.500. The van der Waals surface area contributed by atoms with Crippen LogP contribution in [0.15, 0.2) is 9.42 Å². The third-order valence-electron chi connectivity index (χ3n) is 2.22. The van der Waals surface area contributed by atoms with Crippen LogP contribution in [0.25, 0.3) is 0 Å². The van der Waals surface area contributed by atoms with E-state index in [4.69, 9.17) is 9.78 Å². The van der Waals surface area contributed by atoms with E-state index in [0.29, 0.717) is 0 Å². The Morgan fingerprint density at radius 2 is 2.11 bits per heavy atom. The highest BCUT2D eigenvalue weighted by molar-refractivity contribution is 7.89. The number of aryl methyl sites for hydroxylation is 2. The highest BCUT2D eigenvalue weighted by atomic mass is 32.2. The fourth-order valence-corrected chi connectivity index (χ4v) is 2.81. The van der Waals surface area contributed by atoms with Crippen LogP contribution in [0.3, 0.4) is 0 Å². The second-order valence-corrected chi connectivity index (χ2v) is 5.44. The second kappa shape index (κ2) is 6.31. The van der Waals surface area contributed by atoms with E-state index < -0.39 is 15.9 Å². The Labute approximate surface area is 110 Å². The summed E-state index contributed by atoms with van der Waals surface area (Å²) in [4.78, 5) is 11.0. The molecule has 104 valence electrons. The average Bonchev–Trinajstić information content (AvgIpc) is 2.65. The van der Waals surface area contributed by atoms with Gasteiger partial charge in [0.2, 0.25) is 15.9 Å². The van der Waals surface area contributed by atoms with Crippen LogP contribution in [-0.2, 0) is 14.8 Å². The zero-order chi connectivity index (χ0) is 14.5. The predicted octanol–water partition coefficient (Wildman–Crippen LogP) is -0.400. The number of sulfonamides is 1. The van der Waals surface area contributed by atoms with Crippen molar-refractivity contribution in [2.45, 2.75) is 25.2 Å². The third-order valence-corrected chi connectivity index (χ3v) is 3.92. The van der Waals surface area contributed by atoms with Gasteiger partial charge in [0, 0.05) is 13.1 Å². The number of aromatic nitrogens is 1. The van der Waals surface area contributed by atoms with Crippen molar-refractivity contribution >= 4 is 15.9 Å². The molecular weight excluding hydrogens is 272 g/mol. The van der Waals surface area contributed by atoms with Crippen LogP contribution in [0, 0.1) is 25.2 Å². The van der Waals surface area contributed by atoms with Crippen LogP contribution < -0.4 is 10.0 Å². The van der Waals surface area contributed by atoms with Crippen molar-refractivity contribution in [1.29, 1.82) is 5.26 Å². The molecule has 0 saturated heterocycles. The molecule has 0 bridgehead atoms. The molecule has 1 heterocycles. The van der Waals surface area contributed by atoms with E-state index in [1.807, 2.05) is 0 Å². The Kier molecular flexibility index (Phi) is 5.02. The van der Waals surface area contributed by atoms with Gasteiger partial charge in [-0.25, -0.2) is 13.1 Å². The van der Waals surface area contributed by atoms with Gasteiger partial charge in [-0.3, -0.25) is 4.79 Å². The number of hydrogen-bond acceptors (Lipinski definition) is 6. The normalized spacial score (nSPS) is 11.0. The maximum atomic E-state index is 11.9. The van der Waals surface area contributed by atoms with Crippen LogP contribution in [-0.4, -0.2) is 32.6 Å². The monoisotopic (exact) mass is 286 g/mol. The summed E-state index contributed by atoms with van der Waals surface area (Å²) in [5, 5.41) is 14.2. The lowest BCUT2D eigenvalue weighted by Gasteiger charge is -2.06. The van der Waals surface area contributed by atoms with Gasteiger partial charge in [0.15, 0.2) is 5.76 Å². The van der Waals surface area contributed by atoms with Crippen molar-refractivity contribution < 1.29 is 17.7 Å². The summed E-state index contributed by atoms with van der Waals surface area (Å²) in [6.45, 7) is 3.15. The number of rotatable bonds is 6. The Bertz CT molecular complexity index is 580. The van der Waals surface area contributed by atoms with E-state index in [9.17, 15) is 13.2 Å². The molecule has 2 N–H and O–H groups in total. The maximum Gasteiger partial charge on any atom is 0.246 e. The second-order valence-electron chi connectivity index (χ2n) is 3.74. The molecule has 0 aromatic carbocycles. The number of carbonyl (C=O) groups is 1. The van der Waals surface area contributed by atoms with E-state index in [-0.39, 0.29) is 35.9 Å². The topological polar surface area (TPSA) is 125 Å². The summed E-state index contributed by atoms with van der Waals surface area (Å²) in [5.41, 5.74) is 0.276. The first-order valence-corrected chi connectivity index (χ1v) is 6.93. The van der Waals surface area contributed by atoms with Crippen LogP contribution in [0.2, 0.25) is 0 Å². The SMILES string of the molecule is Cc1noc(C)c1S(=O)(=O)NCCNC(=O)CC#N. The first-order valence-electron chi connectivity index (χ1n) is 5.44. The van der Waals surface area contributed by atoms with Gasteiger partial charge < -0.3 is 9.84 Å². The van der Waals surface area contributed by atoms with Gasteiger partial charge in [-0.05, 0) is 13.8 Å². The molecule has 0 atom stereocenters. The standard InChI is InChI=1S/C10H14N4O4S/c1-7-10(8(2)18-14-7)19(16,17)13-6-5-12-9(15)3-4-11/h13H,3,5-6H2,1-2H3,(H,12,15). The first kappa shape index (κ1) is 15.1. The van der Waals surface area contributed by atoms with Gasteiger partial charge in [-0.2, -0.15) is 5.26 Å². The van der Waals surface area contributed by atoms with Crippen molar-refractivity contribution in [3.63, 3.8) is 0 Å². The molecule has 0 spiro atoms. The van der Waals surface area contributed by atoms with E-state index in [2.05, 4.69) is 15.2 Å². The van der Waals surface area contributed by atoms with E-state index in [1.165, 1.54) is 13.8 Å². The molecular formula is C10H14N4O4S. The molecule has 1 amide bonds. The fourth-order valence-electron chi connectivity index (χ4n) is 1.45. The van der Waals surface area contributed by atoms with Crippen molar-refractivity contribution in [2.24, 2.45) is 0 Å². The lowest BCUT2D eigenvalue weighted by Crippen LogP contribution is -2.34. The van der Waals surface area contributed by atoms with Crippen LogP contribution in [0.1, 0.15) is 17.9 Å². The summed E-state index contributed by atoms with van der Waals surface area (Å²) >= 11 is 0. The highest BCUT2D eigenvalue weighted by Crippen LogP contribution is 2.17. The Morgan fingerprint density at radius 3 is 2.63 bits per heavy atom. The molecule has 0 fully saturated rings. The molecule has 0 saturated carbocycles. The molecule has 1 rings (SSSR count). The van der Waals surface area contributed by atoms with Crippen molar-refractivity contribution in [2.75, 3.05) is 13.1 Å². The minimum Gasteiger partial charge on any atom is -0.360 e. The molecule has 0 aliphatic rings. The number of nitrogens with zero attached hydrogens (tertiary/aromatic N) is 2. The smallest absolute Gasteiger partial charge is 0.246 e. The van der Waals surface area contributed by atoms with Gasteiger partial charge in [-0.15, -0.1) is 0 Å². The summed E-state index contributed by atoms with van der Waals surface area (Å²) in [6.07, 6.45) is -0.253. The Balaban J connectivity index is 2.54. The van der Waals surface area contributed by atoms with Crippen LogP contribution in [0.4, 0.5) is 0 Å². The van der Waals surface area contributed by atoms with E-state index >= 15 is 0 Å².